The smallest absolute Gasteiger partial charge is 0.407 e. The molecule has 0 aliphatic heterocycles. The number of benzene rings is 1. The molecule has 0 unspecified atom stereocenters. The van der Waals surface area contributed by atoms with Gasteiger partial charge in [-0.3, -0.25) is 0 Å². The van der Waals surface area contributed by atoms with Crippen LogP contribution in [-0.2, 0) is 11.3 Å². The summed E-state index contributed by atoms with van der Waals surface area (Å²) in [5, 5.41) is 6.28. The van der Waals surface area contributed by atoms with E-state index in [-0.39, 0.29) is 12.1 Å². The predicted molar refractivity (Wildman–Crippen MR) is 92.1 cm³/mol. The van der Waals surface area contributed by atoms with E-state index in [1.54, 1.807) is 6.20 Å². The molecular weight excluding hydrogens is 358 g/mol. The molecule has 1 aliphatic rings. The summed E-state index contributed by atoms with van der Waals surface area (Å²) in [4.78, 5) is 15.9. The molecule has 6 heteroatoms. The van der Waals surface area contributed by atoms with Crippen molar-refractivity contribution in [2.24, 2.45) is 0 Å². The highest BCUT2D eigenvalue weighted by Crippen LogP contribution is 2.24. The van der Waals surface area contributed by atoms with Crippen molar-refractivity contribution in [1.82, 2.24) is 10.3 Å². The Hall–Kier alpha value is -2.08. The van der Waals surface area contributed by atoms with E-state index in [0.29, 0.717) is 12.6 Å². The lowest BCUT2D eigenvalue weighted by Crippen LogP contribution is -2.49. The second-order valence-electron chi connectivity index (χ2n) is 5.59. The number of alkyl carbamates (subject to hydrolysis) is 1. The van der Waals surface area contributed by atoms with Crippen molar-refractivity contribution in [2.75, 3.05) is 5.32 Å². The Morgan fingerprint density at radius 1 is 1.17 bits per heavy atom. The van der Waals surface area contributed by atoms with Gasteiger partial charge in [0.05, 0.1) is 11.9 Å². The summed E-state index contributed by atoms with van der Waals surface area (Å²) in [6.45, 7) is 0.297. The summed E-state index contributed by atoms with van der Waals surface area (Å²) < 4.78 is 6.03. The van der Waals surface area contributed by atoms with Crippen LogP contribution in [0.3, 0.4) is 0 Å². The Kier molecular flexibility index (Phi) is 5.12. The molecular formula is C17H18BrN3O2. The number of rotatable bonds is 5. The molecule has 23 heavy (non-hydrogen) atoms. The molecule has 1 amide bonds. The molecule has 0 atom stereocenters. The molecule has 2 aromatic rings. The summed E-state index contributed by atoms with van der Waals surface area (Å²) in [6, 6.07) is 14.1. The van der Waals surface area contributed by atoms with Crippen molar-refractivity contribution in [3.8, 4) is 0 Å². The zero-order chi connectivity index (χ0) is 16.1. The molecule has 3 rings (SSSR count). The van der Waals surface area contributed by atoms with Gasteiger partial charge in [-0.1, -0.05) is 30.3 Å². The monoisotopic (exact) mass is 375 g/mol. The maximum absolute atomic E-state index is 11.8. The normalized spacial score (nSPS) is 19.5. The fraction of sp³-hybridized carbons (Fsp3) is 0.294. The van der Waals surface area contributed by atoms with Gasteiger partial charge in [0.1, 0.15) is 11.2 Å². The highest BCUT2D eigenvalue weighted by molar-refractivity contribution is 9.10. The highest BCUT2D eigenvalue weighted by Gasteiger charge is 2.30. The third kappa shape index (κ3) is 4.69. The molecule has 1 saturated carbocycles. The van der Waals surface area contributed by atoms with Gasteiger partial charge in [0.2, 0.25) is 0 Å². The van der Waals surface area contributed by atoms with Crippen LogP contribution >= 0.6 is 15.9 Å². The molecule has 1 fully saturated rings. The third-order valence-electron chi connectivity index (χ3n) is 3.77. The van der Waals surface area contributed by atoms with Crippen LogP contribution in [0.4, 0.5) is 10.5 Å². The number of anilines is 1. The second-order valence-corrected chi connectivity index (χ2v) is 6.40. The maximum atomic E-state index is 11.8. The maximum Gasteiger partial charge on any atom is 0.407 e. The van der Waals surface area contributed by atoms with Crippen LogP contribution in [-0.4, -0.2) is 23.2 Å². The van der Waals surface area contributed by atoms with Gasteiger partial charge in [-0.25, -0.2) is 9.78 Å². The fourth-order valence-corrected chi connectivity index (χ4v) is 2.72. The van der Waals surface area contributed by atoms with E-state index in [4.69, 9.17) is 4.74 Å². The summed E-state index contributed by atoms with van der Waals surface area (Å²) in [7, 11) is 0. The van der Waals surface area contributed by atoms with Gasteiger partial charge in [0.15, 0.2) is 0 Å². The molecule has 1 aromatic heterocycles. The summed E-state index contributed by atoms with van der Waals surface area (Å²) in [6.07, 6.45) is 3.20. The van der Waals surface area contributed by atoms with E-state index in [1.807, 2.05) is 42.5 Å². The first-order chi connectivity index (χ1) is 11.2. The van der Waals surface area contributed by atoms with Crippen molar-refractivity contribution in [3.05, 3.63) is 58.8 Å². The van der Waals surface area contributed by atoms with Crippen LogP contribution in [0, 0.1) is 0 Å². The number of carbonyl (C=O) groups excluding carboxylic acids is 1. The minimum absolute atomic E-state index is 0.166. The fourth-order valence-electron chi connectivity index (χ4n) is 2.48. The van der Waals surface area contributed by atoms with Crippen LogP contribution in [0.1, 0.15) is 18.4 Å². The molecule has 0 radical (unpaired) electrons. The van der Waals surface area contributed by atoms with Crippen LogP contribution in [0.2, 0.25) is 0 Å². The van der Waals surface area contributed by atoms with Crippen LogP contribution in [0.25, 0.3) is 0 Å². The lowest BCUT2D eigenvalue weighted by molar-refractivity contribution is 0.129. The average Bonchev–Trinajstić information content (AvgIpc) is 2.54. The number of aromatic nitrogens is 1. The first-order valence-electron chi connectivity index (χ1n) is 7.54. The molecule has 5 nitrogen and oxygen atoms in total. The number of nitrogens with zero attached hydrogens (tertiary/aromatic N) is 1. The summed E-state index contributed by atoms with van der Waals surface area (Å²) >= 11 is 3.31. The van der Waals surface area contributed by atoms with E-state index >= 15 is 0 Å². The number of nitrogens with one attached hydrogen (secondary N) is 2. The Labute approximate surface area is 143 Å². The SMILES string of the molecule is O=C(NC1CC(Nc2ccc(Br)nc2)C1)OCc1ccccc1. The number of hydrogen-bond acceptors (Lipinski definition) is 4. The summed E-state index contributed by atoms with van der Waals surface area (Å²) in [5.74, 6) is 0. The number of amides is 1. The standard InChI is InChI=1S/C17H18BrN3O2/c18-16-7-6-13(10-19-16)20-14-8-15(9-14)21-17(22)23-11-12-4-2-1-3-5-12/h1-7,10,14-15,20H,8-9,11H2,(H,21,22). The number of carbonyl (C=O) groups is 1. The Morgan fingerprint density at radius 2 is 1.96 bits per heavy atom. The average molecular weight is 376 g/mol. The number of hydrogen-bond donors (Lipinski definition) is 2. The van der Waals surface area contributed by atoms with Gasteiger partial charge < -0.3 is 15.4 Å². The lowest BCUT2D eigenvalue weighted by Gasteiger charge is -2.36. The molecule has 2 N–H and O–H groups in total. The van der Waals surface area contributed by atoms with Crippen LogP contribution < -0.4 is 10.6 Å². The molecule has 1 aromatic carbocycles. The molecule has 0 spiro atoms. The van der Waals surface area contributed by atoms with Crippen molar-refractivity contribution in [3.63, 3.8) is 0 Å². The highest BCUT2D eigenvalue weighted by atomic mass is 79.9. The summed E-state index contributed by atoms with van der Waals surface area (Å²) in [5.41, 5.74) is 1.97. The molecule has 1 heterocycles. The zero-order valence-corrected chi connectivity index (χ0v) is 14.1. The Morgan fingerprint density at radius 3 is 2.65 bits per heavy atom. The van der Waals surface area contributed by atoms with Gasteiger partial charge in [-0.2, -0.15) is 0 Å². The topological polar surface area (TPSA) is 63.2 Å². The van der Waals surface area contributed by atoms with Crippen LogP contribution in [0.15, 0.2) is 53.3 Å². The van der Waals surface area contributed by atoms with E-state index in [2.05, 4.69) is 31.5 Å². The first-order valence-corrected chi connectivity index (χ1v) is 8.33. The number of pyridine rings is 1. The van der Waals surface area contributed by atoms with E-state index in [1.165, 1.54) is 0 Å². The molecule has 0 saturated heterocycles. The molecule has 0 bridgehead atoms. The lowest BCUT2D eigenvalue weighted by atomic mass is 9.87. The van der Waals surface area contributed by atoms with Crippen molar-refractivity contribution < 1.29 is 9.53 Å². The predicted octanol–water partition coefficient (Wildman–Crippen LogP) is 3.71. The van der Waals surface area contributed by atoms with E-state index < -0.39 is 0 Å². The minimum atomic E-state index is -0.359. The van der Waals surface area contributed by atoms with Crippen LogP contribution in [0.5, 0.6) is 0 Å². The molecule has 120 valence electrons. The third-order valence-corrected chi connectivity index (χ3v) is 4.24. The molecule has 1 aliphatic carbocycles. The first kappa shape index (κ1) is 15.8. The minimum Gasteiger partial charge on any atom is -0.445 e. The van der Waals surface area contributed by atoms with Gasteiger partial charge in [-0.05, 0) is 46.5 Å². The number of ether oxygens (including phenoxy) is 1. The van der Waals surface area contributed by atoms with Crippen molar-refractivity contribution in [2.45, 2.75) is 31.5 Å². The Bertz CT molecular complexity index is 643. The van der Waals surface area contributed by atoms with Gasteiger partial charge >= 0.3 is 6.09 Å². The zero-order valence-electron chi connectivity index (χ0n) is 12.5. The largest absolute Gasteiger partial charge is 0.445 e. The van der Waals surface area contributed by atoms with E-state index in [0.717, 1.165) is 28.7 Å². The quantitative estimate of drug-likeness (QED) is 0.781. The van der Waals surface area contributed by atoms with Gasteiger partial charge in [-0.15, -0.1) is 0 Å². The second kappa shape index (κ2) is 7.46. The van der Waals surface area contributed by atoms with E-state index in [9.17, 15) is 4.79 Å². The number of halogens is 1. The van der Waals surface area contributed by atoms with Crippen molar-refractivity contribution >= 4 is 27.7 Å². The van der Waals surface area contributed by atoms with Gasteiger partial charge in [0.25, 0.3) is 0 Å². The van der Waals surface area contributed by atoms with Gasteiger partial charge in [0, 0.05) is 12.1 Å². The Balaban J connectivity index is 1.35. The van der Waals surface area contributed by atoms with Crippen molar-refractivity contribution in [1.29, 1.82) is 0 Å².